The number of aromatic nitrogens is 5. The summed E-state index contributed by atoms with van der Waals surface area (Å²) < 4.78 is 7.52. The minimum absolute atomic E-state index is 0.0706. The number of fused-ring (bicyclic) bond motifs is 1. The van der Waals surface area contributed by atoms with Crippen LogP contribution >= 0.6 is 11.6 Å². The molecule has 1 atom stereocenters. The highest BCUT2D eigenvalue weighted by Gasteiger charge is 2.24. The van der Waals surface area contributed by atoms with Crippen molar-refractivity contribution in [2.75, 3.05) is 12.8 Å². The Labute approximate surface area is 182 Å². The van der Waals surface area contributed by atoms with E-state index in [-0.39, 0.29) is 11.7 Å². The van der Waals surface area contributed by atoms with Crippen molar-refractivity contribution in [3.05, 3.63) is 58.8 Å². The van der Waals surface area contributed by atoms with Crippen LogP contribution in [0.25, 0.3) is 22.2 Å². The Morgan fingerprint density at radius 2 is 2.06 bits per heavy atom. The molecule has 3 heterocycles. The predicted molar refractivity (Wildman–Crippen MR) is 116 cm³/mol. The molecule has 9 nitrogen and oxygen atoms in total. The lowest BCUT2D eigenvalue weighted by molar-refractivity contribution is 0.0690. The number of halogens is 1. The van der Waals surface area contributed by atoms with Gasteiger partial charge in [0.1, 0.15) is 23.6 Å². The lowest BCUT2D eigenvalue weighted by Gasteiger charge is -2.22. The van der Waals surface area contributed by atoms with Crippen LogP contribution in [0.3, 0.4) is 0 Å². The Morgan fingerprint density at radius 3 is 2.77 bits per heavy atom. The van der Waals surface area contributed by atoms with Crippen LogP contribution in [0.4, 0.5) is 5.82 Å². The summed E-state index contributed by atoms with van der Waals surface area (Å²) in [6.07, 6.45) is 4.45. The van der Waals surface area contributed by atoms with Crippen LogP contribution in [0.15, 0.2) is 36.9 Å². The fourth-order valence-corrected chi connectivity index (χ4v) is 3.83. The number of pyridine rings is 1. The highest BCUT2D eigenvalue weighted by Crippen LogP contribution is 2.43. The van der Waals surface area contributed by atoms with Gasteiger partial charge in [-0.15, -0.1) is 0 Å². The van der Waals surface area contributed by atoms with E-state index in [1.165, 1.54) is 18.6 Å². The lowest BCUT2D eigenvalue weighted by atomic mass is 9.94. The zero-order valence-electron chi connectivity index (χ0n) is 17.0. The number of hydrogen-bond acceptors (Lipinski definition) is 7. The molecule has 0 fully saturated rings. The third-order valence-corrected chi connectivity index (χ3v) is 5.61. The van der Waals surface area contributed by atoms with Gasteiger partial charge < -0.3 is 15.6 Å². The van der Waals surface area contributed by atoms with E-state index in [2.05, 4.69) is 20.1 Å². The largest absolute Gasteiger partial charge is 0.496 e. The Bertz CT molecular complexity index is 1320. The third kappa shape index (κ3) is 3.42. The second-order valence-corrected chi connectivity index (χ2v) is 7.38. The fraction of sp³-hybridized carbons (Fsp3) is 0.190. The van der Waals surface area contributed by atoms with Gasteiger partial charge in [-0.25, -0.2) is 24.4 Å². The Kier molecular flexibility index (Phi) is 5.20. The third-order valence-electron chi connectivity index (χ3n) is 5.22. The number of nitrogens with zero attached hydrogens (tertiary/aromatic N) is 5. The maximum atomic E-state index is 11.4. The van der Waals surface area contributed by atoms with E-state index in [1.807, 2.05) is 19.9 Å². The number of anilines is 1. The molecule has 10 heteroatoms. The number of aromatic carboxylic acids is 1. The van der Waals surface area contributed by atoms with Gasteiger partial charge in [-0.1, -0.05) is 11.6 Å². The fourth-order valence-electron chi connectivity index (χ4n) is 3.62. The van der Waals surface area contributed by atoms with Gasteiger partial charge in [0.25, 0.3) is 0 Å². The van der Waals surface area contributed by atoms with E-state index in [0.29, 0.717) is 38.8 Å². The molecule has 4 aromatic rings. The molecule has 3 aromatic heterocycles. The van der Waals surface area contributed by atoms with Crippen LogP contribution < -0.4 is 10.5 Å². The van der Waals surface area contributed by atoms with Gasteiger partial charge in [-0.2, -0.15) is 5.10 Å². The molecule has 158 valence electrons. The SMILES string of the molecule is COc1c(C(C)n2ncc3c(N)ncnc32)cc(Cl)c(C)c1-c1ccnc(C(=O)O)c1. The van der Waals surface area contributed by atoms with Crippen molar-refractivity contribution in [1.82, 2.24) is 24.7 Å². The number of carboxylic acid groups (broad SMARTS) is 1. The molecule has 1 unspecified atom stereocenters. The molecule has 0 saturated carbocycles. The van der Waals surface area contributed by atoms with E-state index in [9.17, 15) is 9.90 Å². The highest BCUT2D eigenvalue weighted by molar-refractivity contribution is 6.32. The maximum Gasteiger partial charge on any atom is 0.354 e. The summed E-state index contributed by atoms with van der Waals surface area (Å²) in [7, 11) is 1.56. The number of hydrogen-bond donors (Lipinski definition) is 2. The van der Waals surface area contributed by atoms with Crippen LogP contribution in [-0.4, -0.2) is 42.9 Å². The summed E-state index contributed by atoms with van der Waals surface area (Å²) in [6.45, 7) is 3.79. The van der Waals surface area contributed by atoms with E-state index < -0.39 is 5.97 Å². The summed E-state index contributed by atoms with van der Waals surface area (Å²) in [5, 5.41) is 14.9. The summed E-state index contributed by atoms with van der Waals surface area (Å²) in [6, 6.07) is 4.72. The van der Waals surface area contributed by atoms with Crippen LogP contribution in [0.5, 0.6) is 5.75 Å². The van der Waals surface area contributed by atoms with E-state index in [4.69, 9.17) is 22.1 Å². The molecular formula is C21H19ClN6O3. The van der Waals surface area contributed by atoms with Crippen LogP contribution in [0.2, 0.25) is 5.02 Å². The van der Waals surface area contributed by atoms with Crippen molar-refractivity contribution >= 4 is 34.4 Å². The van der Waals surface area contributed by atoms with Crippen molar-refractivity contribution in [3.63, 3.8) is 0 Å². The lowest BCUT2D eigenvalue weighted by Crippen LogP contribution is -2.12. The van der Waals surface area contributed by atoms with Gasteiger partial charge in [-0.3, -0.25) is 0 Å². The number of ether oxygens (including phenoxy) is 1. The van der Waals surface area contributed by atoms with Crippen molar-refractivity contribution in [1.29, 1.82) is 0 Å². The highest BCUT2D eigenvalue weighted by atomic mass is 35.5. The van der Waals surface area contributed by atoms with E-state index >= 15 is 0 Å². The smallest absolute Gasteiger partial charge is 0.354 e. The number of benzene rings is 1. The standard InChI is InChI=1S/C21H19ClN6O3/c1-10-15(22)7-13(11(2)28-20-14(8-27-28)19(23)25-9-26-20)18(31-3)17(10)12-4-5-24-16(6-12)21(29)30/h4-9,11H,1-3H3,(H,29,30)(H2,23,25,26). The first-order chi connectivity index (χ1) is 14.8. The number of rotatable bonds is 5. The van der Waals surface area contributed by atoms with Crippen LogP contribution in [-0.2, 0) is 0 Å². The Morgan fingerprint density at radius 1 is 1.29 bits per heavy atom. The number of carboxylic acids is 1. The molecule has 0 spiro atoms. The van der Waals surface area contributed by atoms with Gasteiger partial charge in [-0.05, 0) is 43.2 Å². The molecule has 0 radical (unpaired) electrons. The predicted octanol–water partition coefficient (Wildman–Crippen LogP) is 3.75. The first-order valence-electron chi connectivity index (χ1n) is 9.33. The van der Waals surface area contributed by atoms with Gasteiger partial charge in [0.15, 0.2) is 5.65 Å². The second kappa shape index (κ2) is 7.84. The number of nitrogens with two attached hydrogens (primary N) is 1. The monoisotopic (exact) mass is 438 g/mol. The molecule has 0 amide bonds. The van der Waals surface area contributed by atoms with Crippen LogP contribution in [0.1, 0.15) is 34.6 Å². The summed E-state index contributed by atoms with van der Waals surface area (Å²) >= 11 is 6.59. The molecule has 4 rings (SSSR count). The minimum atomic E-state index is -1.12. The van der Waals surface area contributed by atoms with Crippen LogP contribution in [0, 0.1) is 6.92 Å². The molecule has 1 aromatic carbocycles. The first kappa shape index (κ1) is 20.5. The molecule has 0 aliphatic rings. The maximum absolute atomic E-state index is 11.4. The summed E-state index contributed by atoms with van der Waals surface area (Å²) in [5.74, 6) is -0.215. The van der Waals surface area contributed by atoms with Crippen molar-refractivity contribution < 1.29 is 14.6 Å². The van der Waals surface area contributed by atoms with Crippen molar-refractivity contribution in [3.8, 4) is 16.9 Å². The summed E-state index contributed by atoms with van der Waals surface area (Å²) in [4.78, 5) is 23.6. The van der Waals surface area contributed by atoms with E-state index in [0.717, 1.165) is 11.1 Å². The Balaban J connectivity index is 1.94. The minimum Gasteiger partial charge on any atom is -0.496 e. The molecule has 0 aliphatic heterocycles. The molecule has 0 saturated heterocycles. The summed E-state index contributed by atoms with van der Waals surface area (Å²) in [5.41, 5.74) is 9.29. The molecule has 0 bridgehead atoms. The van der Waals surface area contributed by atoms with Crippen molar-refractivity contribution in [2.45, 2.75) is 19.9 Å². The number of carbonyl (C=O) groups is 1. The topological polar surface area (TPSA) is 129 Å². The van der Waals surface area contributed by atoms with Gasteiger partial charge >= 0.3 is 5.97 Å². The molecule has 3 N–H and O–H groups in total. The zero-order valence-corrected chi connectivity index (χ0v) is 17.8. The molecular weight excluding hydrogens is 420 g/mol. The molecule has 31 heavy (non-hydrogen) atoms. The van der Waals surface area contributed by atoms with E-state index in [1.54, 1.807) is 24.1 Å². The second-order valence-electron chi connectivity index (χ2n) is 6.98. The average molecular weight is 439 g/mol. The quantitative estimate of drug-likeness (QED) is 0.482. The van der Waals surface area contributed by atoms with Crippen molar-refractivity contribution in [2.24, 2.45) is 0 Å². The van der Waals surface area contributed by atoms with Gasteiger partial charge in [0.05, 0.1) is 24.7 Å². The average Bonchev–Trinajstić information content (AvgIpc) is 3.20. The van der Waals surface area contributed by atoms with Gasteiger partial charge in [0, 0.05) is 22.3 Å². The number of methoxy groups -OCH3 is 1. The zero-order chi connectivity index (χ0) is 22.3. The molecule has 0 aliphatic carbocycles. The normalized spacial score (nSPS) is 12.1. The number of nitrogen functional groups attached to an aromatic ring is 1. The Hall–Kier alpha value is -3.72. The first-order valence-corrected chi connectivity index (χ1v) is 9.71. The van der Waals surface area contributed by atoms with Gasteiger partial charge in [0.2, 0.25) is 0 Å².